The summed E-state index contributed by atoms with van der Waals surface area (Å²) in [7, 11) is 3.71. The van der Waals surface area contributed by atoms with Gasteiger partial charge in [0.1, 0.15) is 23.0 Å². The van der Waals surface area contributed by atoms with Crippen LogP contribution in [0.1, 0.15) is 43.1 Å². The topological polar surface area (TPSA) is 92.3 Å². The number of amides is 1. The third kappa shape index (κ3) is 5.77. The molecule has 43 heavy (non-hydrogen) atoms. The molecule has 0 aliphatic carbocycles. The van der Waals surface area contributed by atoms with Crippen molar-refractivity contribution in [2.45, 2.75) is 50.2 Å². The van der Waals surface area contributed by atoms with E-state index in [9.17, 15) is 4.79 Å². The van der Waals surface area contributed by atoms with Gasteiger partial charge in [-0.05, 0) is 49.4 Å². The molecule has 9 heteroatoms. The van der Waals surface area contributed by atoms with Crippen molar-refractivity contribution < 1.29 is 9.21 Å². The number of fused-ring (bicyclic) bond motifs is 1. The second-order valence-electron chi connectivity index (χ2n) is 11.7. The van der Waals surface area contributed by atoms with Crippen LogP contribution in [0.5, 0.6) is 0 Å². The molecule has 1 aliphatic heterocycles. The molecule has 0 saturated carbocycles. The van der Waals surface area contributed by atoms with Crippen LogP contribution in [0.3, 0.4) is 0 Å². The van der Waals surface area contributed by atoms with Gasteiger partial charge in [0, 0.05) is 39.3 Å². The number of furan rings is 1. The Morgan fingerprint density at radius 2 is 1.70 bits per heavy atom. The molecule has 1 saturated heterocycles. The molecule has 0 bridgehead atoms. The highest BCUT2D eigenvalue weighted by Gasteiger charge is 2.45. The predicted octanol–water partition coefficient (Wildman–Crippen LogP) is 5.20. The van der Waals surface area contributed by atoms with Crippen LogP contribution in [0.15, 0.2) is 96.0 Å². The number of nitrogens with one attached hydrogen (secondary N) is 1. The number of likely N-dealkylation sites (N-methyl/N-ethyl adjacent to an activating group) is 1. The van der Waals surface area contributed by atoms with Gasteiger partial charge >= 0.3 is 0 Å². The van der Waals surface area contributed by atoms with Crippen LogP contribution in [-0.4, -0.2) is 74.5 Å². The van der Waals surface area contributed by atoms with Crippen LogP contribution >= 0.6 is 0 Å². The van der Waals surface area contributed by atoms with Gasteiger partial charge in [-0.2, -0.15) is 0 Å². The van der Waals surface area contributed by atoms with E-state index < -0.39 is 5.41 Å². The summed E-state index contributed by atoms with van der Waals surface area (Å²) in [5, 5.41) is 3.70. The molecule has 1 unspecified atom stereocenters. The molecule has 9 nitrogen and oxygen atoms in total. The summed E-state index contributed by atoms with van der Waals surface area (Å²) in [6, 6.07) is 24.8. The fourth-order valence-corrected chi connectivity index (χ4v) is 6.50. The van der Waals surface area contributed by atoms with Crippen LogP contribution in [0, 0.1) is 0 Å². The Hall–Kier alpha value is -4.50. The SMILES string of the molecule is CC(CC(C(=O)N(C)C)(c1ccccc1)c1ccccc1)N1CCC(Nc2nc3cncnc3n2Cc2ccco2)CC1. The van der Waals surface area contributed by atoms with E-state index in [-0.39, 0.29) is 18.0 Å². The van der Waals surface area contributed by atoms with E-state index in [1.54, 1.807) is 23.7 Å². The second-order valence-corrected chi connectivity index (χ2v) is 11.7. The number of likely N-dealkylation sites (tertiary alicyclic amines) is 1. The molecule has 1 fully saturated rings. The molecule has 5 aromatic rings. The molecule has 6 rings (SSSR count). The first kappa shape index (κ1) is 28.6. The van der Waals surface area contributed by atoms with Crippen molar-refractivity contribution in [1.82, 2.24) is 29.3 Å². The van der Waals surface area contributed by atoms with E-state index in [0.29, 0.717) is 13.0 Å². The number of carbonyl (C=O) groups excluding carboxylic acids is 1. The van der Waals surface area contributed by atoms with Crippen LogP contribution in [0.25, 0.3) is 11.2 Å². The monoisotopic (exact) mass is 577 g/mol. The number of benzene rings is 2. The van der Waals surface area contributed by atoms with E-state index in [4.69, 9.17) is 9.40 Å². The van der Waals surface area contributed by atoms with Crippen molar-refractivity contribution in [3.05, 3.63) is 108 Å². The zero-order valence-corrected chi connectivity index (χ0v) is 25.1. The van der Waals surface area contributed by atoms with Crippen LogP contribution in [-0.2, 0) is 16.8 Å². The maximum Gasteiger partial charge on any atom is 0.237 e. The van der Waals surface area contributed by atoms with Crippen molar-refractivity contribution in [2.75, 3.05) is 32.5 Å². The van der Waals surface area contributed by atoms with Crippen molar-refractivity contribution in [2.24, 2.45) is 0 Å². The lowest BCUT2D eigenvalue weighted by Gasteiger charge is -2.42. The number of carbonyl (C=O) groups is 1. The Bertz CT molecular complexity index is 1590. The normalized spacial score (nSPS) is 15.4. The maximum atomic E-state index is 14.1. The minimum atomic E-state index is -0.779. The zero-order valence-electron chi connectivity index (χ0n) is 25.1. The largest absolute Gasteiger partial charge is 0.467 e. The second kappa shape index (κ2) is 12.4. The number of rotatable bonds is 10. The number of hydrogen-bond acceptors (Lipinski definition) is 7. The number of hydrogen-bond donors (Lipinski definition) is 1. The van der Waals surface area contributed by atoms with E-state index in [0.717, 1.165) is 59.9 Å². The highest BCUT2D eigenvalue weighted by atomic mass is 16.3. The molecule has 3 aromatic heterocycles. The summed E-state index contributed by atoms with van der Waals surface area (Å²) in [4.78, 5) is 31.9. The highest BCUT2D eigenvalue weighted by Crippen LogP contribution is 2.40. The Morgan fingerprint density at radius 1 is 1.02 bits per heavy atom. The molecule has 0 radical (unpaired) electrons. The van der Waals surface area contributed by atoms with E-state index in [1.807, 2.05) is 62.6 Å². The molecule has 1 amide bonds. The standard InChI is InChI=1S/C34H39N7O2/c1-25(21-34(32(42)39(2)3,26-11-6-4-7-12-26)27-13-8-5-9-14-27)40-18-16-28(17-19-40)37-33-38-30-22-35-24-36-31(30)41(33)23-29-15-10-20-43-29/h4-15,20,22,24-25,28H,16-19,21,23H2,1-3H3,(H,37,38). The van der Waals surface area contributed by atoms with Gasteiger partial charge in [0.2, 0.25) is 11.9 Å². The summed E-state index contributed by atoms with van der Waals surface area (Å²) < 4.78 is 7.68. The molecular weight excluding hydrogens is 538 g/mol. The van der Waals surface area contributed by atoms with Crippen LogP contribution < -0.4 is 5.32 Å². The van der Waals surface area contributed by atoms with Gasteiger partial charge in [-0.15, -0.1) is 0 Å². The average Bonchev–Trinajstić information content (AvgIpc) is 3.69. The first-order valence-corrected chi connectivity index (χ1v) is 15.0. The fourth-order valence-electron chi connectivity index (χ4n) is 6.50. The number of nitrogens with zero attached hydrogens (tertiary/aromatic N) is 6. The summed E-state index contributed by atoms with van der Waals surface area (Å²) >= 11 is 0. The first-order chi connectivity index (χ1) is 21.0. The van der Waals surface area contributed by atoms with Gasteiger partial charge in [-0.25, -0.2) is 15.0 Å². The minimum absolute atomic E-state index is 0.104. The lowest BCUT2D eigenvalue weighted by atomic mass is 9.69. The lowest BCUT2D eigenvalue weighted by molar-refractivity contribution is -0.134. The molecule has 0 spiro atoms. The number of anilines is 1. The van der Waals surface area contributed by atoms with Gasteiger partial charge in [-0.3, -0.25) is 9.36 Å². The van der Waals surface area contributed by atoms with Crippen molar-refractivity contribution in [3.63, 3.8) is 0 Å². The summed E-state index contributed by atoms with van der Waals surface area (Å²) in [5.41, 5.74) is 2.82. The molecule has 1 aliphatic rings. The van der Waals surface area contributed by atoms with Crippen molar-refractivity contribution >= 4 is 23.0 Å². The molecule has 1 N–H and O–H groups in total. The van der Waals surface area contributed by atoms with Crippen LogP contribution in [0.2, 0.25) is 0 Å². The fraction of sp³-hybridized carbons (Fsp3) is 0.353. The first-order valence-electron chi connectivity index (χ1n) is 15.0. The molecule has 4 heterocycles. The van der Waals surface area contributed by atoms with Crippen molar-refractivity contribution in [3.8, 4) is 0 Å². The van der Waals surface area contributed by atoms with Gasteiger partial charge < -0.3 is 19.5 Å². The number of piperidine rings is 1. The predicted molar refractivity (Wildman–Crippen MR) is 168 cm³/mol. The van der Waals surface area contributed by atoms with Crippen molar-refractivity contribution in [1.29, 1.82) is 0 Å². The summed E-state index contributed by atoms with van der Waals surface area (Å²) in [5.74, 6) is 1.73. The lowest BCUT2D eigenvalue weighted by Crippen LogP contribution is -2.51. The van der Waals surface area contributed by atoms with Gasteiger partial charge in [0.05, 0.1) is 19.0 Å². The Morgan fingerprint density at radius 3 is 2.30 bits per heavy atom. The Labute approximate surface area is 252 Å². The minimum Gasteiger partial charge on any atom is -0.467 e. The van der Waals surface area contributed by atoms with Gasteiger partial charge in [-0.1, -0.05) is 60.7 Å². The summed E-state index contributed by atoms with van der Waals surface area (Å²) in [6.45, 7) is 4.65. The maximum absolute atomic E-state index is 14.1. The molecular formula is C34H39N7O2. The average molecular weight is 578 g/mol. The Kier molecular flexibility index (Phi) is 8.24. The molecule has 1 atom stereocenters. The van der Waals surface area contributed by atoms with Crippen LogP contribution in [0.4, 0.5) is 5.95 Å². The summed E-state index contributed by atoms with van der Waals surface area (Å²) in [6.07, 6.45) is 7.60. The highest BCUT2D eigenvalue weighted by molar-refractivity contribution is 5.92. The molecule has 2 aromatic carbocycles. The van der Waals surface area contributed by atoms with E-state index >= 15 is 0 Å². The molecule has 222 valence electrons. The smallest absolute Gasteiger partial charge is 0.237 e. The Balaban J connectivity index is 1.20. The third-order valence-corrected chi connectivity index (χ3v) is 8.70. The number of imidazole rings is 1. The van der Waals surface area contributed by atoms with Gasteiger partial charge in [0.25, 0.3) is 0 Å². The number of aromatic nitrogens is 4. The zero-order chi connectivity index (χ0) is 29.8. The third-order valence-electron chi connectivity index (χ3n) is 8.70. The quantitative estimate of drug-likeness (QED) is 0.244. The van der Waals surface area contributed by atoms with E-state index in [1.165, 1.54) is 0 Å². The van der Waals surface area contributed by atoms with Gasteiger partial charge in [0.15, 0.2) is 5.65 Å². The van der Waals surface area contributed by atoms with E-state index in [2.05, 4.69) is 55.9 Å².